The summed E-state index contributed by atoms with van der Waals surface area (Å²) < 4.78 is 0. The number of amides is 1. The fourth-order valence-corrected chi connectivity index (χ4v) is 3.90. The van der Waals surface area contributed by atoms with Crippen LogP contribution in [0.2, 0.25) is 0 Å². The van der Waals surface area contributed by atoms with Gasteiger partial charge in [-0.3, -0.25) is 4.79 Å². The first-order chi connectivity index (χ1) is 8.92. The molecule has 0 radical (unpaired) electrons. The van der Waals surface area contributed by atoms with Gasteiger partial charge in [-0.25, -0.2) is 0 Å². The molecule has 2 rings (SSSR count). The van der Waals surface area contributed by atoms with Crippen LogP contribution >= 0.6 is 12.4 Å². The largest absolute Gasteiger partial charge is 0.339 e. The number of hydrogen-bond donors (Lipinski definition) is 1. The van der Waals surface area contributed by atoms with Crippen LogP contribution in [0.5, 0.6) is 0 Å². The minimum atomic E-state index is 0. The van der Waals surface area contributed by atoms with E-state index in [0.717, 1.165) is 25.8 Å². The highest BCUT2D eigenvalue weighted by Gasteiger charge is 2.39. The molecule has 1 aliphatic carbocycles. The molecule has 1 saturated carbocycles. The van der Waals surface area contributed by atoms with Crippen molar-refractivity contribution in [2.24, 2.45) is 23.0 Å². The Kier molecular flexibility index (Phi) is 6.33. The highest BCUT2D eigenvalue weighted by atomic mass is 35.5. The lowest BCUT2D eigenvalue weighted by molar-refractivity contribution is -0.137. The Morgan fingerprint density at radius 2 is 1.90 bits per heavy atom. The molecule has 0 aromatic carbocycles. The van der Waals surface area contributed by atoms with Crippen molar-refractivity contribution in [3.8, 4) is 0 Å². The number of halogens is 1. The van der Waals surface area contributed by atoms with E-state index in [1.807, 2.05) is 0 Å². The maximum atomic E-state index is 12.8. The third kappa shape index (κ3) is 4.11. The number of nitrogens with zero attached hydrogens (tertiary/aromatic N) is 1. The Labute approximate surface area is 130 Å². The molecule has 0 aromatic rings. The van der Waals surface area contributed by atoms with Crippen LogP contribution in [0.1, 0.15) is 59.3 Å². The van der Waals surface area contributed by atoms with E-state index < -0.39 is 0 Å². The Bertz CT molecular complexity index is 327. The average molecular weight is 303 g/mol. The smallest absolute Gasteiger partial charge is 0.226 e. The molecule has 0 bridgehead atoms. The zero-order valence-corrected chi connectivity index (χ0v) is 14.0. The Morgan fingerprint density at radius 3 is 2.50 bits per heavy atom. The maximum Gasteiger partial charge on any atom is 0.226 e. The van der Waals surface area contributed by atoms with Crippen molar-refractivity contribution in [1.29, 1.82) is 0 Å². The summed E-state index contributed by atoms with van der Waals surface area (Å²) in [6.45, 7) is 8.45. The first-order valence-corrected chi connectivity index (χ1v) is 7.93. The van der Waals surface area contributed by atoms with Crippen LogP contribution in [-0.4, -0.2) is 29.9 Å². The van der Waals surface area contributed by atoms with Gasteiger partial charge in [-0.15, -0.1) is 12.4 Å². The van der Waals surface area contributed by atoms with Crippen LogP contribution in [0.4, 0.5) is 0 Å². The van der Waals surface area contributed by atoms with Gasteiger partial charge in [-0.2, -0.15) is 0 Å². The molecule has 118 valence electrons. The van der Waals surface area contributed by atoms with E-state index in [1.165, 1.54) is 19.3 Å². The maximum absolute atomic E-state index is 12.8. The van der Waals surface area contributed by atoms with E-state index in [4.69, 9.17) is 5.73 Å². The summed E-state index contributed by atoms with van der Waals surface area (Å²) >= 11 is 0. The molecule has 1 heterocycles. The number of likely N-dealkylation sites (tertiary alicyclic amines) is 1. The first-order valence-electron chi connectivity index (χ1n) is 7.93. The molecule has 3 nitrogen and oxygen atoms in total. The summed E-state index contributed by atoms with van der Waals surface area (Å²) in [7, 11) is 0. The molecule has 1 saturated heterocycles. The van der Waals surface area contributed by atoms with Crippen LogP contribution in [0.25, 0.3) is 0 Å². The van der Waals surface area contributed by atoms with Crippen molar-refractivity contribution < 1.29 is 4.79 Å². The van der Waals surface area contributed by atoms with E-state index in [-0.39, 0.29) is 18.3 Å². The SMILES string of the molecule is CC(C)(C)CC1CCCN1C(=O)[C@@H]1CCC[C@@H]1CN.Cl. The van der Waals surface area contributed by atoms with Crippen molar-refractivity contribution in [3.63, 3.8) is 0 Å². The average Bonchev–Trinajstić information content (AvgIpc) is 2.93. The molecule has 20 heavy (non-hydrogen) atoms. The van der Waals surface area contributed by atoms with Gasteiger partial charge in [0.1, 0.15) is 0 Å². The van der Waals surface area contributed by atoms with Gasteiger partial charge in [0.25, 0.3) is 0 Å². The Morgan fingerprint density at radius 1 is 1.20 bits per heavy atom. The van der Waals surface area contributed by atoms with E-state index in [1.54, 1.807) is 0 Å². The third-order valence-electron chi connectivity index (χ3n) is 4.79. The van der Waals surface area contributed by atoms with Gasteiger partial charge < -0.3 is 10.6 Å². The molecule has 0 spiro atoms. The molecule has 4 heteroatoms. The molecular formula is C16H31ClN2O. The molecule has 1 aliphatic heterocycles. The van der Waals surface area contributed by atoms with Gasteiger partial charge in [-0.05, 0) is 50.0 Å². The number of rotatable bonds is 3. The van der Waals surface area contributed by atoms with Gasteiger partial charge >= 0.3 is 0 Å². The van der Waals surface area contributed by atoms with Crippen LogP contribution in [0, 0.1) is 17.3 Å². The predicted octanol–water partition coefficient (Wildman–Crippen LogP) is 3.21. The van der Waals surface area contributed by atoms with Gasteiger partial charge in [0.05, 0.1) is 0 Å². The topological polar surface area (TPSA) is 46.3 Å². The summed E-state index contributed by atoms with van der Waals surface area (Å²) in [6.07, 6.45) is 6.86. The second-order valence-electron chi connectivity index (χ2n) is 7.63. The van der Waals surface area contributed by atoms with Gasteiger partial charge in [-0.1, -0.05) is 27.2 Å². The van der Waals surface area contributed by atoms with Crippen LogP contribution in [0.3, 0.4) is 0 Å². The van der Waals surface area contributed by atoms with Gasteiger partial charge in [0.15, 0.2) is 0 Å². The van der Waals surface area contributed by atoms with Gasteiger partial charge in [0.2, 0.25) is 5.91 Å². The van der Waals surface area contributed by atoms with E-state index in [2.05, 4.69) is 25.7 Å². The minimum absolute atomic E-state index is 0. The second-order valence-corrected chi connectivity index (χ2v) is 7.63. The van der Waals surface area contributed by atoms with Crippen molar-refractivity contribution in [3.05, 3.63) is 0 Å². The lowest BCUT2D eigenvalue weighted by Crippen LogP contribution is -2.43. The number of carbonyl (C=O) groups excluding carboxylic acids is 1. The zero-order valence-electron chi connectivity index (χ0n) is 13.2. The van der Waals surface area contributed by atoms with E-state index >= 15 is 0 Å². The summed E-state index contributed by atoms with van der Waals surface area (Å²) in [6, 6.07) is 0.464. The monoisotopic (exact) mass is 302 g/mol. The van der Waals surface area contributed by atoms with Crippen LogP contribution in [-0.2, 0) is 4.79 Å². The predicted molar refractivity (Wildman–Crippen MR) is 85.9 cm³/mol. The highest BCUT2D eigenvalue weighted by molar-refractivity contribution is 5.85. The summed E-state index contributed by atoms with van der Waals surface area (Å²) in [4.78, 5) is 15.0. The van der Waals surface area contributed by atoms with Crippen molar-refractivity contribution in [2.45, 2.75) is 65.3 Å². The second kappa shape index (κ2) is 7.13. The molecular weight excluding hydrogens is 272 g/mol. The third-order valence-corrected chi connectivity index (χ3v) is 4.79. The lowest BCUT2D eigenvalue weighted by Gasteiger charge is -2.33. The molecule has 0 aromatic heterocycles. The quantitative estimate of drug-likeness (QED) is 0.870. The van der Waals surface area contributed by atoms with Crippen LogP contribution < -0.4 is 5.73 Å². The Balaban J connectivity index is 0.00000200. The van der Waals surface area contributed by atoms with E-state index in [0.29, 0.717) is 29.8 Å². The minimum Gasteiger partial charge on any atom is -0.339 e. The number of hydrogen-bond acceptors (Lipinski definition) is 2. The summed E-state index contributed by atoms with van der Waals surface area (Å²) in [5.41, 5.74) is 6.13. The van der Waals surface area contributed by atoms with Crippen molar-refractivity contribution >= 4 is 18.3 Å². The molecule has 2 aliphatic rings. The van der Waals surface area contributed by atoms with Crippen molar-refractivity contribution in [2.75, 3.05) is 13.1 Å². The molecule has 2 fully saturated rings. The molecule has 3 atom stereocenters. The van der Waals surface area contributed by atoms with Crippen LogP contribution in [0.15, 0.2) is 0 Å². The fraction of sp³-hybridized carbons (Fsp3) is 0.938. The highest BCUT2D eigenvalue weighted by Crippen LogP contribution is 2.36. The molecule has 1 amide bonds. The molecule has 2 N–H and O–H groups in total. The lowest BCUT2D eigenvalue weighted by atomic mass is 9.86. The fourth-order valence-electron chi connectivity index (χ4n) is 3.90. The first kappa shape index (κ1) is 17.8. The molecule has 1 unspecified atom stereocenters. The Hall–Kier alpha value is -0.280. The standard InChI is InChI=1S/C16H30N2O.ClH/c1-16(2,3)10-13-7-5-9-18(13)15(19)14-8-4-6-12(14)11-17;/h12-14H,4-11,17H2,1-3H3;1H/t12-,13?,14-;/m1./s1. The van der Waals surface area contributed by atoms with E-state index in [9.17, 15) is 4.79 Å². The zero-order chi connectivity index (χ0) is 14.0. The summed E-state index contributed by atoms with van der Waals surface area (Å²) in [5, 5.41) is 0. The number of nitrogens with two attached hydrogens (primary N) is 1. The van der Waals surface area contributed by atoms with Gasteiger partial charge in [0, 0.05) is 18.5 Å². The number of carbonyl (C=O) groups is 1. The normalized spacial score (nSPS) is 30.4. The van der Waals surface area contributed by atoms with Crippen molar-refractivity contribution in [1.82, 2.24) is 4.90 Å². The summed E-state index contributed by atoms with van der Waals surface area (Å²) in [5.74, 6) is 1.05.